The average molecular weight is 209 g/mol. The summed E-state index contributed by atoms with van der Waals surface area (Å²) >= 11 is 0. The molecule has 0 saturated heterocycles. The van der Waals surface area contributed by atoms with E-state index >= 15 is 0 Å². The van der Waals surface area contributed by atoms with E-state index in [1.165, 1.54) is 11.4 Å². The molecule has 86 valence electrons. The highest BCUT2D eigenvalue weighted by Crippen LogP contribution is 2.06. The number of nitrogens with one attached hydrogen (secondary N) is 1. The van der Waals surface area contributed by atoms with Crippen LogP contribution in [0.1, 0.15) is 25.2 Å². The molecule has 3 nitrogen and oxygen atoms in total. The van der Waals surface area contributed by atoms with Crippen LogP contribution in [0.15, 0.2) is 12.1 Å². The van der Waals surface area contributed by atoms with E-state index in [4.69, 9.17) is 0 Å². The van der Waals surface area contributed by atoms with E-state index in [9.17, 15) is 0 Å². The van der Waals surface area contributed by atoms with Crippen molar-refractivity contribution in [3.63, 3.8) is 0 Å². The Balaban J connectivity index is 2.49. The summed E-state index contributed by atoms with van der Waals surface area (Å²) in [7, 11) is 4.28. The molecule has 0 aromatic carbocycles. The first kappa shape index (κ1) is 12.3. The van der Waals surface area contributed by atoms with Gasteiger partial charge in [-0.2, -0.15) is 0 Å². The van der Waals surface area contributed by atoms with Crippen molar-refractivity contribution in [1.82, 2.24) is 14.8 Å². The summed E-state index contributed by atoms with van der Waals surface area (Å²) in [5, 5.41) is 0. The van der Waals surface area contributed by atoms with Crippen LogP contribution >= 0.6 is 0 Å². The lowest BCUT2D eigenvalue weighted by atomic mass is 10.4. The van der Waals surface area contributed by atoms with Crippen molar-refractivity contribution in [2.45, 2.75) is 26.9 Å². The maximum atomic E-state index is 3.46. The first-order valence-electron chi connectivity index (χ1n) is 5.69. The van der Waals surface area contributed by atoms with Gasteiger partial charge in [0.05, 0.1) is 0 Å². The molecule has 0 bridgehead atoms. The Morgan fingerprint density at radius 1 is 0.933 bits per heavy atom. The summed E-state index contributed by atoms with van der Waals surface area (Å²) < 4.78 is 0. The van der Waals surface area contributed by atoms with Crippen LogP contribution in [0.25, 0.3) is 0 Å². The summed E-state index contributed by atoms with van der Waals surface area (Å²) in [6.45, 7) is 8.54. The van der Waals surface area contributed by atoms with Crippen LogP contribution in [-0.2, 0) is 13.1 Å². The number of aromatic amines is 1. The van der Waals surface area contributed by atoms with Gasteiger partial charge in [-0.05, 0) is 39.3 Å². The number of aromatic nitrogens is 1. The molecule has 1 aromatic heterocycles. The smallest absolute Gasteiger partial charge is 0.0381 e. The van der Waals surface area contributed by atoms with Crippen molar-refractivity contribution < 1.29 is 0 Å². The molecule has 0 aliphatic carbocycles. The number of hydrogen-bond acceptors (Lipinski definition) is 2. The van der Waals surface area contributed by atoms with E-state index in [0.29, 0.717) is 0 Å². The van der Waals surface area contributed by atoms with Crippen molar-refractivity contribution in [1.29, 1.82) is 0 Å². The highest BCUT2D eigenvalue weighted by molar-refractivity contribution is 5.12. The van der Waals surface area contributed by atoms with Gasteiger partial charge < -0.3 is 14.8 Å². The number of H-pyrrole nitrogens is 1. The van der Waals surface area contributed by atoms with E-state index in [1.807, 2.05) is 0 Å². The Bertz CT molecular complexity index is 254. The second kappa shape index (κ2) is 5.93. The summed E-state index contributed by atoms with van der Waals surface area (Å²) in [5.41, 5.74) is 2.61. The van der Waals surface area contributed by atoms with Crippen molar-refractivity contribution in [2.24, 2.45) is 0 Å². The molecule has 1 aromatic rings. The Labute approximate surface area is 93.1 Å². The summed E-state index contributed by atoms with van der Waals surface area (Å²) in [4.78, 5) is 8.04. The molecule has 0 fully saturated rings. The number of nitrogens with zero attached hydrogens (tertiary/aromatic N) is 2. The van der Waals surface area contributed by atoms with Crippen LogP contribution in [0.5, 0.6) is 0 Å². The Hall–Kier alpha value is -0.800. The molecule has 0 unspecified atom stereocenters. The zero-order valence-corrected chi connectivity index (χ0v) is 10.4. The maximum Gasteiger partial charge on any atom is 0.0381 e. The second-order valence-electron chi connectivity index (χ2n) is 4.17. The summed E-state index contributed by atoms with van der Waals surface area (Å²) in [5.74, 6) is 0. The first-order valence-corrected chi connectivity index (χ1v) is 5.69. The molecule has 1 rings (SSSR count). The van der Waals surface area contributed by atoms with E-state index in [1.54, 1.807) is 0 Å². The van der Waals surface area contributed by atoms with Crippen LogP contribution in [0, 0.1) is 0 Å². The zero-order chi connectivity index (χ0) is 11.3. The van der Waals surface area contributed by atoms with E-state index in [0.717, 1.165) is 26.2 Å². The average Bonchev–Trinajstić information content (AvgIpc) is 2.65. The van der Waals surface area contributed by atoms with Gasteiger partial charge in [-0.1, -0.05) is 13.8 Å². The molecule has 0 radical (unpaired) electrons. The van der Waals surface area contributed by atoms with Gasteiger partial charge >= 0.3 is 0 Å². The van der Waals surface area contributed by atoms with Gasteiger partial charge in [0.2, 0.25) is 0 Å². The minimum atomic E-state index is 1.01. The molecule has 0 saturated carbocycles. The third kappa shape index (κ3) is 4.06. The van der Waals surface area contributed by atoms with Gasteiger partial charge in [0.25, 0.3) is 0 Å². The molecule has 15 heavy (non-hydrogen) atoms. The zero-order valence-electron chi connectivity index (χ0n) is 10.4. The van der Waals surface area contributed by atoms with Gasteiger partial charge in [0.15, 0.2) is 0 Å². The van der Waals surface area contributed by atoms with Crippen LogP contribution in [0.4, 0.5) is 0 Å². The highest BCUT2D eigenvalue weighted by Gasteiger charge is 2.03. The van der Waals surface area contributed by atoms with E-state index in [2.05, 4.69) is 54.9 Å². The van der Waals surface area contributed by atoms with Crippen LogP contribution in [0.2, 0.25) is 0 Å². The monoisotopic (exact) mass is 209 g/mol. The second-order valence-corrected chi connectivity index (χ2v) is 4.17. The quantitative estimate of drug-likeness (QED) is 0.773. The lowest BCUT2D eigenvalue weighted by Crippen LogP contribution is -2.18. The molecule has 1 N–H and O–H groups in total. The predicted molar refractivity (Wildman–Crippen MR) is 64.8 cm³/mol. The molecule has 0 amide bonds. The number of hydrogen-bond donors (Lipinski definition) is 1. The summed E-state index contributed by atoms with van der Waals surface area (Å²) in [6, 6.07) is 4.37. The number of rotatable bonds is 6. The molecule has 3 heteroatoms. The highest BCUT2D eigenvalue weighted by atomic mass is 15.1. The molecule has 0 aliphatic rings. The molecule has 0 spiro atoms. The maximum absolute atomic E-state index is 3.46. The SMILES string of the molecule is CCN(C)Cc1ccc(CN(C)CC)[nH]1. The minimum absolute atomic E-state index is 1.01. The van der Waals surface area contributed by atoms with E-state index in [-0.39, 0.29) is 0 Å². The van der Waals surface area contributed by atoms with Crippen LogP contribution in [-0.4, -0.2) is 42.0 Å². The fourth-order valence-electron chi connectivity index (χ4n) is 1.48. The summed E-state index contributed by atoms with van der Waals surface area (Å²) in [6.07, 6.45) is 0. The minimum Gasteiger partial charge on any atom is -0.360 e. The standard InChI is InChI=1S/C12H23N3/c1-5-14(3)9-11-7-8-12(13-11)10-15(4)6-2/h7-8,13H,5-6,9-10H2,1-4H3. The van der Waals surface area contributed by atoms with Gasteiger partial charge in [-0.15, -0.1) is 0 Å². The molecular weight excluding hydrogens is 186 g/mol. The van der Waals surface area contributed by atoms with E-state index < -0.39 is 0 Å². The van der Waals surface area contributed by atoms with Gasteiger partial charge in [0, 0.05) is 24.5 Å². The lowest BCUT2D eigenvalue weighted by Gasteiger charge is -2.13. The molecule has 0 aliphatic heterocycles. The first-order chi connectivity index (χ1) is 7.15. The fraction of sp³-hybridized carbons (Fsp3) is 0.667. The van der Waals surface area contributed by atoms with Crippen molar-refractivity contribution in [3.8, 4) is 0 Å². The Morgan fingerprint density at radius 3 is 1.67 bits per heavy atom. The van der Waals surface area contributed by atoms with Crippen LogP contribution < -0.4 is 0 Å². The Morgan fingerprint density at radius 2 is 1.33 bits per heavy atom. The molecule has 1 heterocycles. The van der Waals surface area contributed by atoms with Gasteiger partial charge in [-0.25, -0.2) is 0 Å². The van der Waals surface area contributed by atoms with Crippen molar-refractivity contribution in [3.05, 3.63) is 23.5 Å². The fourth-order valence-corrected chi connectivity index (χ4v) is 1.48. The normalized spacial score (nSPS) is 11.6. The largest absolute Gasteiger partial charge is 0.360 e. The molecule has 0 atom stereocenters. The Kier molecular flexibility index (Phi) is 4.85. The van der Waals surface area contributed by atoms with Crippen LogP contribution in [0.3, 0.4) is 0 Å². The van der Waals surface area contributed by atoms with Crippen molar-refractivity contribution >= 4 is 0 Å². The van der Waals surface area contributed by atoms with Crippen molar-refractivity contribution in [2.75, 3.05) is 27.2 Å². The third-order valence-electron chi connectivity index (χ3n) is 2.77. The lowest BCUT2D eigenvalue weighted by molar-refractivity contribution is 0.334. The predicted octanol–water partition coefficient (Wildman–Crippen LogP) is 1.92. The van der Waals surface area contributed by atoms with Gasteiger partial charge in [-0.3, -0.25) is 0 Å². The van der Waals surface area contributed by atoms with Gasteiger partial charge in [0.1, 0.15) is 0 Å². The molecular formula is C12H23N3. The third-order valence-corrected chi connectivity index (χ3v) is 2.77. The topological polar surface area (TPSA) is 22.3 Å².